The maximum atomic E-state index is 5.87. The zero-order valence-corrected chi connectivity index (χ0v) is 10.9. The quantitative estimate of drug-likeness (QED) is 0.848. The molecule has 0 saturated carbocycles. The molecule has 4 nitrogen and oxygen atoms in total. The molecule has 0 radical (unpaired) electrons. The molecule has 1 aromatic heterocycles. The summed E-state index contributed by atoms with van der Waals surface area (Å²) in [6, 6.07) is 8.40. The average Bonchev–Trinajstić information content (AvgIpc) is 2.84. The van der Waals surface area contributed by atoms with Crippen molar-refractivity contribution in [3.63, 3.8) is 0 Å². The van der Waals surface area contributed by atoms with Crippen LogP contribution >= 0.6 is 0 Å². The van der Waals surface area contributed by atoms with Gasteiger partial charge in [0, 0.05) is 18.8 Å². The maximum Gasteiger partial charge on any atom is 0.0948 e. The zero-order valence-electron chi connectivity index (χ0n) is 10.9. The number of imidazole rings is 1. The molecule has 1 heterocycles. The number of aryl methyl sites for hydroxylation is 2. The highest BCUT2D eigenvalue weighted by Crippen LogP contribution is 2.19. The molecule has 0 aliphatic heterocycles. The van der Waals surface area contributed by atoms with E-state index < -0.39 is 0 Å². The van der Waals surface area contributed by atoms with E-state index in [0.717, 1.165) is 17.9 Å². The third-order valence-corrected chi connectivity index (χ3v) is 3.04. The van der Waals surface area contributed by atoms with Gasteiger partial charge in [-0.15, -0.1) is 0 Å². The van der Waals surface area contributed by atoms with Crippen LogP contribution in [0.1, 0.15) is 24.2 Å². The molecule has 1 unspecified atom stereocenters. The zero-order chi connectivity index (χ0) is 13.0. The molecule has 0 saturated heterocycles. The Morgan fingerprint density at radius 3 is 2.94 bits per heavy atom. The van der Waals surface area contributed by atoms with Crippen LogP contribution in [-0.2, 0) is 6.54 Å². The Kier molecular flexibility index (Phi) is 3.99. The average molecular weight is 244 g/mol. The van der Waals surface area contributed by atoms with Gasteiger partial charge in [0.25, 0.3) is 0 Å². The SMILES string of the molecule is CCn1cncc1C(CN)Nc1cccc(C)c1. The number of hydrogen-bond acceptors (Lipinski definition) is 3. The molecule has 2 rings (SSSR count). The van der Waals surface area contributed by atoms with Crippen molar-refractivity contribution in [1.29, 1.82) is 0 Å². The van der Waals surface area contributed by atoms with Crippen LogP contribution in [0.15, 0.2) is 36.8 Å². The summed E-state index contributed by atoms with van der Waals surface area (Å²) >= 11 is 0. The van der Waals surface area contributed by atoms with E-state index in [1.54, 1.807) is 0 Å². The van der Waals surface area contributed by atoms with Gasteiger partial charge in [0.2, 0.25) is 0 Å². The third-order valence-electron chi connectivity index (χ3n) is 3.04. The molecule has 0 aliphatic carbocycles. The molecule has 0 amide bonds. The molecular formula is C14H20N4. The molecule has 96 valence electrons. The minimum Gasteiger partial charge on any atom is -0.375 e. The maximum absolute atomic E-state index is 5.87. The highest BCUT2D eigenvalue weighted by atomic mass is 15.1. The van der Waals surface area contributed by atoms with Crippen LogP contribution in [-0.4, -0.2) is 16.1 Å². The molecule has 3 N–H and O–H groups in total. The lowest BCUT2D eigenvalue weighted by molar-refractivity contribution is 0.654. The van der Waals surface area contributed by atoms with Crippen molar-refractivity contribution in [2.75, 3.05) is 11.9 Å². The van der Waals surface area contributed by atoms with Crippen molar-refractivity contribution >= 4 is 5.69 Å². The summed E-state index contributed by atoms with van der Waals surface area (Å²) in [5.74, 6) is 0. The Hall–Kier alpha value is -1.81. The van der Waals surface area contributed by atoms with Crippen LogP contribution in [0.5, 0.6) is 0 Å². The summed E-state index contributed by atoms with van der Waals surface area (Å²) in [6.45, 7) is 5.63. The van der Waals surface area contributed by atoms with Gasteiger partial charge in [-0.3, -0.25) is 0 Å². The fourth-order valence-corrected chi connectivity index (χ4v) is 2.08. The van der Waals surface area contributed by atoms with Crippen LogP contribution in [0.4, 0.5) is 5.69 Å². The van der Waals surface area contributed by atoms with E-state index in [-0.39, 0.29) is 6.04 Å². The molecule has 0 spiro atoms. The van der Waals surface area contributed by atoms with Gasteiger partial charge in [-0.1, -0.05) is 12.1 Å². The normalized spacial score (nSPS) is 12.4. The van der Waals surface area contributed by atoms with Crippen molar-refractivity contribution in [3.8, 4) is 0 Å². The minimum absolute atomic E-state index is 0.0919. The Morgan fingerprint density at radius 1 is 1.44 bits per heavy atom. The van der Waals surface area contributed by atoms with E-state index in [4.69, 9.17) is 5.73 Å². The van der Waals surface area contributed by atoms with Crippen molar-refractivity contribution < 1.29 is 0 Å². The van der Waals surface area contributed by atoms with Gasteiger partial charge in [-0.2, -0.15) is 0 Å². The van der Waals surface area contributed by atoms with Gasteiger partial charge < -0.3 is 15.6 Å². The first-order valence-corrected chi connectivity index (χ1v) is 6.28. The topological polar surface area (TPSA) is 55.9 Å². The van der Waals surface area contributed by atoms with E-state index in [0.29, 0.717) is 6.54 Å². The monoisotopic (exact) mass is 244 g/mol. The summed E-state index contributed by atoms with van der Waals surface area (Å²) in [5.41, 5.74) is 9.32. The number of aromatic nitrogens is 2. The first-order chi connectivity index (χ1) is 8.74. The van der Waals surface area contributed by atoms with Crippen LogP contribution in [0.3, 0.4) is 0 Å². The lowest BCUT2D eigenvalue weighted by atomic mass is 10.1. The van der Waals surface area contributed by atoms with Gasteiger partial charge in [0.05, 0.1) is 24.3 Å². The highest BCUT2D eigenvalue weighted by molar-refractivity contribution is 5.47. The van der Waals surface area contributed by atoms with Gasteiger partial charge in [-0.25, -0.2) is 4.98 Å². The van der Waals surface area contributed by atoms with E-state index in [2.05, 4.69) is 46.9 Å². The largest absolute Gasteiger partial charge is 0.375 e. The van der Waals surface area contributed by atoms with Crippen LogP contribution < -0.4 is 11.1 Å². The predicted octanol–water partition coefficient (Wildman–Crippen LogP) is 2.32. The molecule has 1 aromatic carbocycles. The van der Waals surface area contributed by atoms with Crippen molar-refractivity contribution in [2.45, 2.75) is 26.4 Å². The molecule has 18 heavy (non-hydrogen) atoms. The van der Waals surface area contributed by atoms with Crippen molar-refractivity contribution in [2.24, 2.45) is 5.73 Å². The summed E-state index contributed by atoms with van der Waals surface area (Å²) < 4.78 is 2.11. The molecule has 4 heteroatoms. The second-order valence-corrected chi connectivity index (χ2v) is 4.41. The Bertz CT molecular complexity index is 504. The second kappa shape index (κ2) is 5.69. The molecule has 0 aliphatic rings. The lowest BCUT2D eigenvalue weighted by Gasteiger charge is -2.19. The van der Waals surface area contributed by atoms with E-state index in [1.165, 1.54) is 5.56 Å². The van der Waals surface area contributed by atoms with Gasteiger partial charge in [0.1, 0.15) is 0 Å². The lowest BCUT2D eigenvalue weighted by Crippen LogP contribution is -2.23. The van der Waals surface area contributed by atoms with E-state index in [9.17, 15) is 0 Å². The van der Waals surface area contributed by atoms with Gasteiger partial charge >= 0.3 is 0 Å². The van der Waals surface area contributed by atoms with Crippen LogP contribution in [0.25, 0.3) is 0 Å². The molecular weight excluding hydrogens is 224 g/mol. The number of benzene rings is 1. The van der Waals surface area contributed by atoms with E-state index in [1.807, 2.05) is 18.6 Å². The summed E-state index contributed by atoms with van der Waals surface area (Å²) in [7, 11) is 0. The number of anilines is 1. The second-order valence-electron chi connectivity index (χ2n) is 4.41. The minimum atomic E-state index is 0.0919. The first-order valence-electron chi connectivity index (χ1n) is 6.28. The molecule has 1 atom stereocenters. The van der Waals surface area contributed by atoms with Crippen molar-refractivity contribution in [1.82, 2.24) is 9.55 Å². The Balaban J connectivity index is 2.20. The molecule has 0 fully saturated rings. The number of nitrogens with one attached hydrogen (secondary N) is 1. The van der Waals surface area contributed by atoms with Crippen molar-refractivity contribution in [3.05, 3.63) is 48.0 Å². The van der Waals surface area contributed by atoms with Crippen LogP contribution in [0.2, 0.25) is 0 Å². The first kappa shape index (κ1) is 12.6. The smallest absolute Gasteiger partial charge is 0.0948 e. The highest BCUT2D eigenvalue weighted by Gasteiger charge is 2.13. The van der Waals surface area contributed by atoms with E-state index >= 15 is 0 Å². The molecule has 0 bridgehead atoms. The predicted molar refractivity (Wildman–Crippen MR) is 74.5 cm³/mol. The Labute approximate surface area is 108 Å². The number of nitrogens with two attached hydrogens (primary N) is 1. The fourth-order valence-electron chi connectivity index (χ4n) is 2.08. The standard InChI is InChI=1S/C14H20N4/c1-3-18-10-16-9-14(18)13(8-15)17-12-6-4-5-11(2)7-12/h4-7,9-10,13,17H,3,8,15H2,1-2H3. The summed E-state index contributed by atoms with van der Waals surface area (Å²) in [4.78, 5) is 4.19. The van der Waals surface area contributed by atoms with Crippen LogP contribution in [0, 0.1) is 6.92 Å². The summed E-state index contributed by atoms with van der Waals surface area (Å²) in [5, 5.41) is 3.46. The fraction of sp³-hybridized carbons (Fsp3) is 0.357. The van der Waals surface area contributed by atoms with Gasteiger partial charge in [0.15, 0.2) is 0 Å². The molecule has 2 aromatic rings. The third kappa shape index (κ3) is 2.71. The van der Waals surface area contributed by atoms with Gasteiger partial charge in [-0.05, 0) is 31.5 Å². The number of nitrogens with zero attached hydrogens (tertiary/aromatic N) is 2. The number of rotatable bonds is 5. The number of hydrogen-bond donors (Lipinski definition) is 2. The summed E-state index contributed by atoms with van der Waals surface area (Å²) in [6.07, 6.45) is 3.72. The Morgan fingerprint density at radius 2 is 2.28 bits per heavy atom.